The zero-order valence-corrected chi connectivity index (χ0v) is 11.0. The topological polar surface area (TPSA) is 12.9 Å². The Hall–Kier alpha value is -0.890. The summed E-state index contributed by atoms with van der Waals surface area (Å²) < 4.78 is 1.28. The molecule has 0 aliphatic carbocycles. The summed E-state index contributed by atoms with van der Waals surface area (Å²) in [5, 5.41) is 2.22. The molecule has 0 unspecified atom stereocenters. The van der Waals surface area contributed by atoms with Crippen LogP contribution in [0.2, 0.25) is 0 Å². The van der Waals surface area contributed by atoms with Crippen LogP contribution in [0.3, 0.4) is 0 Å². The quantitative estimate of drug-likeness (QED) is 0.632. The summed E-state index contributed by atoms with van der Waals surface area (Å²) in [7, 11) is 0. The van der Waals surface area contributed by atoms with Gasteiger partial charge in [-0.2, -0.15) is 0 Å². The van der Waals surface area contributed by atoms with E-state index < -0.39 is 0 Å². The minimum absolute atomic E-state index is 0.201. The zero-order chi connectivity index (χ0) is 11.5. The molecule has 0 saturated heterocycles. The number of aromatic nitrogens is 1. The first-order chi connectivity index (χ1) is 7.09. The minimum Gasteiger partial charge on any atom is -0.255 e. The van der Waals surface area contributed by atoms with E-state index in [9.17, 15) is 0 Å². The highest BCUT2D eigenvalue weighted by atomic mass is 32.1. The van der Waals surface area contributed by atoms with Gasteiger partial charge in [0.1, 0.15) is 0 Å². The van der Waals surface area contributed by atoms with E-state index in [1.807, 2.05) is 26.1 Å². The molecule has 2 aromatic rings. The van der Waals surface area contributed by atoms with Crippen molar-refractivity contribution in [2.24, 2.45) is 0 Å². The van der Waals surface area contributed by atoms with Gasteiger partial charge < -0.3 is 0 Å². The monoisotopic (exact) mass is 221 g/mol. The maximum absolute atomic E-state index is 4.42. The number of hydrogen-bond acceptors (Lipinski definition) is 2. The van der Waals surface area contributed by atoms with Crippen LogP contribution in [0.4, 0.5) is 0 Å². The van der Waals surface area contributed by atoms with Crippen LogP contribution in [-0.4, -0.2) is 4.98 Å². The summed E-state index contributed by atoms with van der Waals surface area (Å²) in [6.45, 7) is 10.7. The molecule has 2 aromatic heterocycles. The van der Waals surface area contributed by atoms with Gasteiger partial charge in [0.25, 0.3) is 0 Å². The molecule has 0 aliphatic heterocycles. The molecule has 0 fully saturated rings. The highest BCUT2D eigenvalue weighted by Crippen LogP contribution is 2.32. The number of nitrogens with zero attached hydrogens (tertiary/aromatic N) is 1. The fourth-order valence-corrected chi connectivity index (χ4v) is 2.54. The van der Waals surface area contributed by atoms with Crippen molar-refractivity contribution in [2.45, 2.75) is 40.0 Å². The Morgan fingerprint density at radius 1 is 1.20 bits per heavy atom. The molecular formula is C13H19NS. The van der Waals surface area contributed by atoms with Gasteiger partial charge in [-0.3, -0.25) is 4.98 Å². The molecule has 0 spiro atoms. The Morgan fingerprint density at radius 2 is 1.87 bits per heavy atom. The number of hydrogen-bond donors (Lipinski definition) is 0. The van der Waals surface area contributed by atoms with Crippen molar-refractivity contribution < 1.29 is 0 Å². The van der Waals surface area contributed by atoms with Crippen LogP contribution in [0.1, 0.15) is 40.2 Å². The summed E-state index contributed by atoms with van der Waals surface area (Å²) in [4.78, 5) is 4.42. The molecule has 0 bridgehead atoms. The Kier molecular flexibility index (Phi) is 3.86. The van der Waals surface area contributed by atoms with Crippen molar-refractivity contribution >= 4 is 21.6 Å². The van der Waals surface area contributed by atoms with Crippen molar-refractivity contribution in [1.29, 1.82) is 0 Å². The zero-order valence-electron chi connectivity index (χ0n) is 10.2. The first kappa shape index (κ1) is 12.2. The lowest BCUT2D eigenvalue weighted by Crippen LogP contribution is -2.10. The fraction of sp³-hybridized carbons (Fsp3) is 0.462. The molecule has 2 heterocycles. The van der Waals surface area contributed by atoms with Gasteiger partial charge in [0.2, 0.25) is 0 Å². The van der Waals surface area contributed by atoms with E-state index in [1.54, 1.807) is 11.3 Å². The van der Waals surface area contributed by atoms with E-state index in [-0.39, 0.29) is 5.41 Å². The van der Waals surface area contributed by atoms with E-state index in [0.717, 1.165) is 0 Å². The smallest absolute Gasteiger partial charge is 0.0846 e. The summed E-state index contributed by atoms with van der Waals surface area (Å²) in [5.74, 6) is 0. The average Bonchev–Trinajstić information content (AvgIpc) is 2.63. The van der Waals surface area contributed by atoms with Gasteiger partial charge >= 0.3 is 0 Å². The van der Waals surface area contributed by atoms with Gasteiger partial charge in [-0.25, -0.2) is 0 Å². The van der Waals surface area contributed by atoms with Gasteiger partial charge in [0.15, 0.2) is 0 Å². The van der Waals surface area contributed by atoms with Crippen LogP contribution >= 0.6 is 11.3 Å². The first-order valence-corrected chi connectivity index (χ1v) is 6.30. The predicted molar refractivity (Wildman–Crippen MR) is 69.7 cm³/mol. The second-order valence-electron chi connectivity index (χ2n) is 4.25. The van der Waals surface area contributed by atoms with Crippen LogP contribution in [0, 0.1) is 0 Å². The van der Waals surface area contributed by atoms with Crippen molar-refractivity contribution in [3.05, 3.63) is 29.3 Å². The molecule has 0 radical (unpaired) electrons. The SMILES string of the molecule is CC.CC(C)(C)c1csc2cccnc12. The Morgan fingerprint density at radius 3 is 2.47 bits per heavy atom. The van der Waals surface area contributed by atoms with Gasteiger partial charge in [-0.1, -0.05) is 34.6 Å². The van der Waals surface area contributed by atoms with Crippen LogP contribution in [0.5, 0.6) is 0 Å². The van der Waals surface area contributed by atoms with Crippen molar-refractivity contribution in [3.8, 4) is 0 Å². The van der Waals surface area contributed by atoms with E-state index in [0.29, 0.717) is 0 Å². The second kappa shape index (κ2) is 4.75. The number of pyridine rings is 1. The maximum atomic E-state index is 4.42. The van der Waals surface area contributed by atoms with E-state index >= 15 is 0 Å². The standard InChI is InChI=1S/C11H13NS.C2H6/c1-11(2,3)8-7-13-9-5-4-6-12-10(8)9;1-2/h4-7H,1-3H3;1-2H3. The molecule has 0 saturated carbocycles. The number of rotatable bonds is 0. The molecule has 0 N–H and O–H groups in total. The third kappa shape index (κ3) is 2.57. The maximum Gasteiger partial charge on any atom is 0.0846 e. The van der Waals surface area contributed by atoms with Crippen molar-refractivity contribution in [3.63, 3.8) is 0 Å². The molecule has 0 aromatic carbocycles. The highest BCUT2D eigenvalue weighted by molar-refractivity contribution is 7.17. The largest absolute Gasteiger partial charge is 0.255 e. The van der Waals surface area contributed by atoms with Gasteiger partial charge in [-0.15, -0.1) is 11.3 Å². The van der Waals surface area contributed by atoms with Crippen LogP contribution < -0.4 is 0 Å². The number of fused-ring (bicyclic) bond motifs is 1. The lowest BCUT2D eigenvalue weighted by Gasteiger charge is -2.16. The summed E-state index contributed by atoms with van der Waals surface area (Å²) in [5.41, 5.74) is 2.72. The van der Waals surface area contributed by atoms with E-state index in [1.165, 1.54) is 15.8 Å². The molecule has 0 atom stereocenters. The second-order valence-corrected chi connectivity index (χ2v) is 5.16. The van der Waals surface area contributed by atoms with Crippen molar-refractivity contribution in [1.82, 2.24) is 4.98 Å². The minimum atomic E-state index is 0.201. The summed E-state index contributed by atoms with van der Waals surface area (Å²) in [6.07, 6.45) is 1.87. The third-order valence-corrected chi connectivity index (χ3v) is 3.07. The number of thiophene rings is 1. The van der Waals surface area contributed by atoms with Crippen LogP contribution in [0.15, 0.2) is 23.7 Å². The van der Waals surface area contributed by atoms with Gasteiger partial charge in [-0.05, 0) is 28.5 Å². The van der Waals surface area contributed by atoms with Gasteiger partial charge in [0, 0.05) is 6.20 Å². The molecule has 0 amide bonds. The molecular weight excluding hydrogens is 202 g/mol. The molecule has 2 rings (SSSR count). The molecule has 2 heteroatoms. The van der Waals surface area contributed by atoms with Gasteiger partial charge in [0.05, 0.1) is 10.2 Å². The van der Waals surface area contributed by atoms with E-state index in [4.69, 9.17) is 0 Å². The fourth-order valence-electron chi connectivity index (χ4n) is 1.40. The lowest BCUT2D eigenvalue weighted by atomic mass is 9.88. The third-order valence-electron chi connectivity index (χ3n) is 2.14. The van der Waals surface area contributed by atoms with Crippen LogP contribution in [-0.2, 0) is 5.41 Å². The highest BCUT2D eigenvalue weighted by Gasteiger charge is 2.18. The Bertz CT molecular complexity index is 423. The first-order valence-electron chi connectivity index (χ1n) is 5.42. The Balaban J connectivity index is 0.000000531. The molecule has 1 nitrogen and oxygen atoms in total. The average molecular weight is 221 g/mol. The van der Waals surface area contributed by atoms with E-state index in [2.05, 4.69) is 37.2 Å². The molecule has 0 aliphatic rings. The normalized spacial score (nSPS) is 11.0. The molecule has 82 valence electrons. The van der Waals surface area contributed by atoms with Crippen molar-refractivity contribution in [2.75, 3.05) is 0 Å². The molecule has 15 heavy (non-hydrogen) atoms. The van der Waals surface area contributed by atoms with Crippen LogP contribution in [0.25, 0.3) is 10.2 Å². The predicted octanol–water partition coefficient (Wildman–Crippen LogP) is 4.62. The summed E-state index contributed by atoms with van der Waals surface area (Å²) in [6, 6.07) is 4.12. The Labute approximate surface area is 96.2 Å². The summed E-state index contributed by atoms with van der Waals surface area (Å²) >= 11 is 1.78. The lowest BCUT2D eigenvalue weighted by molar-refractivity contribution is 0.596.